The third-order valence-corrected chi connectivity index (χ3v) is 0. The van der Waals surface area contributed by atoms with Crippen LogP contribution in [0, 0.1) is 0 Å². The van der Waals surface area contributed by atoms with Crippen molar-refractivity contribution in [2.75, 3.05) is 0 Å². The van der Waals surface area contributed by atoms with Gasteiger partial charge in [-0.05, 0) is 0 Å². The molecular formula is H6F2KN3O4S2. The van der Waals surface area contributed by atoms with Crippen molar-refractivity contribution in [3.8, 4) is 0 Å². The predicted octanol–water partition coefficient (Wildman–Crippen LogP) is -3.96. The van der Waals surface area contributed by atoms with Gasteiger partial charge in [0.2, 0.25) is 0 Å². The number of nitrogens with two attached hydrogens (primary N) is 3. The van der Waals surface area contributed by atoms with Crippen LogP contribution in [0.2, 0.25) is 0 Å². The van der Waals surface area contributed by atoms with Gasteiger partial charge in [-0.15, -0.1) is 0 Å². The second-order valence-corrected chi connectivity index (χ2v) is 2.85. The Morgan fingerprint density at radius 1 is 0.833 bits per heavy atom. The molecule has 0 aliphatic heterocycles. The fourth-order valence-corrected chi connectivity index (χ4v) is 0. The molecule has 0 rings (SSSR count). The summed E-state index contributed by atoms with van der Waals surface area (Å²) in [6.45, 7) is 0. The molecule has 0 radical (unpaired) electrons. The fraction of sp³-hybridized carbons (Fsp3) is 0. The van der Waals surface area contributed by atoms with Crippen molar-refractivity contribution in [3.05, 3.63) is 6.15 Å². The van der Waals surface area contributed by atoms with Crippen LogP contribution in [0.5, 0.6) is 0 Å². The van der Waals surface area contributed by atoms with Crippen LogP contribution in [0.1, 0.15) is 0 Å². The summed E-state index contributed by atoms with van der Waals surface area (Å²) >= 11 is 0. The van der Waals surface area contributed by atoms with E-state index in [2.05, 4.69) is 10.3 Å². The van der Waals surface area contributed by atoms with Gasteiger partial charge in [0.25, 0.3) is 0 Å². The van der Waals surface area contributed by atoms with Crippen LogP contribution < -0.4 is 61.7 Å². The maximum Gasteiger partial charge on any atom is 1.00 e. The van der Waals surface area contributed by atoms with Gasteiger partial charge in [-0.2, -0.15) is 16.8 Å². The molecule has 0 saturated carbocycles. The molecule has 0 amide bonds. The molecule has 0 aromatic heterocycles. The zero-order chi connectivity index (χ0) is 9.00. The Morgan fingerprint density at radius 3 is 0.833 bits per heavy atom. The summed E-state index contributed by atoms with van der Waals surface area (Å²) in [6, 6.07) is 0. The van der Waals surface area contributed by atoms with E-state index in [-0.39, 0.29) is 57.5 Å². The third-order valence-electron chi connectivity index (χ3n) is 0. The first kappa shape index (κ1) is 23.3. The summed E-state index contributed by atoms with van der Waals surface area (Å²) in [5.41, 5.74) is 0. The second-order valence-electron chi connectivity index (χ2n) is 0.951. The van der Waals surface area contributed by atoms with Crippen molar-refractivity contribution in [1.29, 1.82) is 0 Å². The van der Waals surface area contributed by atoms with Crippen molar-refractivity contribution in [1.82, 2.24) is 0 Å². The molecule has 0 heterocycles. The van der Waals surface area contributed by atoms with Crippen LogP contribution in [0.4, 0.5) is 7.77 Å². The van der Waals surface area contributed by atoms with Crippen LogP contribution in [-0.4, -0.2) is 16.8 Å². The van der Waals surface area contributed by atoms with E-state index in [1.54, 1.807) is 0 Å². The zero-order valence-electron chi connectivity index (χ0n) is 5.94. The standard InChI is InChI=1S/2FH2NO2S.K.H2N/c2*1-5(2,3)4;;/h2*(H2,2,3,4);;1H2/q;;+1;-1. The second kappa shape index (κ2) is 8.86. The molecule has 0 aromatic carbocycles. The van der Waals surface area contributed by atoms with Gasteiger partial charge in [-0.1, -0.05) is 7.77 Å². The molecule has 0 aromatic rings. The van der Waals surface area contributed by atoms with E-state index in [1.165, 1.54) is 0 Å². The molecule has 0 atom stereocenters. The van der Waals surface area contributed by atoms with E-state index in [4.69, 9.17) is 16.8 Å². The van der Waals surface area contributed by atoms with Gasteiger partial charge in [0.05, 0.1) is 0 Å². The summed E-state index contributed by atoms with van der Waals surface area (Å²) in [6.07, 6.45) is 0. The maximum atomic E-state index is 10.4. The van der Waals surface area contributed by atoms with Crippen LogP contribution in [-0.2, 0) is 20.8 Å². The maximum absolute atomic E-state index is 10.4. The average molecular weight is 253 g/mol. The first-order chi connectivity index (χ1) is 4.00. The molecule has 0 bridgehead atoms. The van der Waals surface area contributed by atoms with Gasteiger partial charge in [0.1, 0.15) is 0 Å². The van der Waals surface area contributed by atoms with E-state index in [0.717, 1.165) is 0 Å². The smallest absolute Gasteiger partial charge is 0.693 e. The summed E-state index contributed by atoms with van der Waals surface area (Å²) in [4.78, 5) is 0. The Hall–Kier alpha value is 1.28. The van der Waals surface area contributed by atoms with E-state index in [1.807, 2.05) is 0 Å². The van der Waals surface area contributed by atoms with Gasteiger partial charge in [-0.3, -0.25) is 0 Å². The van der Waals surface area contributed by atoms with Crippen LogP contribution in [0.15, 0.2) is 0 Å². The summed E-state index contributed by atoms with van der Waals surface area (Å²) in [7, 11) is -9.33. The first-order valence-corrected chi connectivity index (χ1v) is 4.34. The minimum atomic E-state index is -4.67. The van der Waals surface area contributed by atoms with E-state index >= 15 is 0 Å². The Balaban J connectivity index is -0.0000000457. The van der Waals surface area contributed by atoms with Gasteiger partial charge < -0.3 is 6.15 Å². The molecule has 72 valence electrons. The summed E-state index contributed by atoms with van der Waals surface area (Å²) in [5, 5.41) is 7.32. The normalized spacial score (nSPS) is 9.67. The van der Waals surface area contributed by atoms with Crippen LogP contribution in [0.3, 0.4) is 0 Å². The molecule has 0 fully saturated rings. The van der Waals surface area contributed by atoms with Crippen molar-refractivity contribution >= 4 is 20.8 Å². The minimum Gasteiger partial charge on any atom is -0.693 e. The van der Waals surface area contributed by atoms with Gasteiger partial charge >= 0.3 is 72.2 Å². The van der Waals surface area contributed by atoms with Gasteiger partial charge in [-0.25, -0.2) is 10.3 Å². The Bertz CT molecular complexity index is 223. The van der Waals surface area contributed by atoms with Crippen molar-refractivity contribution in [2.24, 2.45) is 10.3 Å². The molecule has 12 heteroatoms. The Labute approximate surface area is 112 Å². The molecule has 7 nitrogen and oxygen atoms in total. The van der Waals surface area contributed by atoms with E-state index in [9.17, 15) is 7.77 Å². The molecule has 6 N–H and O–H groups in total. The zero-order valence-corrected chi connectivity index (χ0v) is 10.7. The predicted molar refractivity (Wildman–Crippen MR) is 33.7 cm³/mol. The Kier molecular flexibility index (Phi) is 17.2. The van der Waals surface area contributed by atoms with Crippen molar-refractivity contribution < 1.29 is 76.0 Å². The average Bonchev–Trinajstić information content (AvgIpc) is 1.12. The van der Waals surface area contributed by atoms with Gasteiger partial charge in [0, 0.05) is 0 Å². The Morgan fingerprint density at radius 2 is 0.833 bits per heavy atom. The SMILES string of the molecule is NS(=O)(=O)F.NS(=O)(=O)F.[K+].[NH2-]. The minimum absolute atomic E-state index is 0. The molecule has 0 unspecified atom stereocenters. The molecule has 0 spiro atoms. The van der Waals surface area contributed by atoms with Crippen molar-refractivity contribution in [2.45, 2.75) is 0 Å². The largest absolute Gasteiger partial charge is 1.00 e. The number of rotatable bonds is 0. The molecule has 0 aliphatic carbocycles. The van der Waals surface area contributed by atoms with Crippen LogP contribution >= 0.6 is 0 Å². The van der Waals surface area contributed by atoms with E-state index < -0.39 is 20.8 Å². The number of halogens is 2. The molecule has 0 aliphatic rings. The molecular weight excluding hydrogens is 247 g/mol. The fourth-order valence-electron chi connectivity index (χ4n) is 0. The monoisotopic (exact) mass is 253 g/mol. The topological polar surface area (TPSA) is 154 Å². The number of hydrogen-bond acceptors (Lipinski definition) is 4. The quantitative estimate of drug-likeness (QED) is 0.334. The summed E-state index contributed by atoms with van der Waals surface area (Å²) in [5.74, 6) is 0. The van der Waals surface area contributed by atoms with Crippen LogP contribution in [0.25, 0.3) is 6.15 Å². The summed E-state index contributed by atoms with van der Waals surface area (Å²) < 4.78 is 55.8. The molecule has 12 heavy (non-hydrogen) atoms. The van der Waals surface area contributed by atoms with Gasteiger partial charge in [0.15, 0.2) is 0 Å². The third kappa shape index (κ3) is 731. The van der Waals surface area contributed by atoms with Crippen molar-refractivity contribution in [3.63, 3.8) is 0 Å². The number of hydrogen-bond donors (Lipinski definition) is 2. The van der Waals surface area contributed by atoms with E-state index in [0.29, 0.717) is 0 Å². The molecule has 0 saturated heterocycles. The first-order valence-electron chi connectivity index (χ1n) is 1.45.